The van der Waals surface area contributed by atoms with Gasteiger partial charge < -0.3 is 25.4 Å². The van der Waals surface area contributed by atoms with Crippen LogP contribution in [0.4, 0.5) is 27.8 Å². The fourth-order valence-electron chi connectivity index (χ4n) is 5.43. The van der Waals surface area contributed by atoms with E-state index in [4.69, 9.17) is 25.5 Å². The summed E-state index contributed by atoms with van der Waals surface area (Å²) in [5, 5.41) is 9.15. The maximum absolute atomic E-state index is 15.7. The zero-order valence-electron chi connectivity index (χ0n) is 22.5. The van der Waals surface area contributed by atoms with Crippen LogP contribution in [-0.2, 0) is 21.2 Å². The molecule has 2 aromatic heterocycles. The summed E-state index contributed by atoms with van der Waals surface area (Å²) in [5.74, 6) is 0.550. The summed E-state index contributed by atoms with van der Waals surface area (Å²) >= 11 is 0. The Morgan fingerprint density at radius 1 is 1.00 bits per heavy atom. The molecule has 41 heavy (non-hydrogen) atoms. The van der Waals surface area contributed by atoms with Crippen LogP contribution in [0.3, 0.4) is 0 Å². The summed E-state index contributed by atoms with van der Waals surface area (Å²) in [6.07, 6.45) is 3.77. The average Bonchev–Trinajstić information content (AvgIpc) is 3.42. The Hall–Kier alpha value is -3.50. The van der Waals surface area contributed by atoms with Gasteiger partial charge in [-0.15, -0.1) is 0 Å². The lowest BCUT2D eigenvalue weighted by Gasteiger charge is -2.33. The number of benzene rings is 1. The number of morpholine rings is 1. The van der Waals surface area contributed by atoms with E-state index in [2.05, 4.69) is 9.97 Å². The molecule has 2 saturated heterocycles. The zero-order valence-corrected chi connectivity index (χ0v) is 23.3. The molecule has 0 aliphatic carbocycles. The SMILES string of the molecule is Nc1ncc(-c2nc(N3CCOCC3)nc3c2CCN3c2ccc(S(=O)(=O)N3CCN(CCO)CC3)cc2F)cn1. The molecule has 0 saturated carbocycles. The number of ether oxygens (including phenoxy) is 1. The Morgan fingerprint density at radius 3 is 2.41 bits per heavy atom. The van der Waals surface area contributed by atoms with Crippen molar-refractivity contribution in [2.45, 2.75) is 11.3 Å². The van der Waals surface area contributed by atoms with Gasteiger partial charge in [0.2, 0.25) is 21.9 Å². The number of nitrogens with zero attached hydrogens (tertiary/aromatic N) is 8. The third kappa shape index (κ3) is 5.42. The summed E-state index contributed by atoms with van der Waals surface area (Å²) in [5.41, 5.74) is 8.10. The van der Waals surface area contributed by atoms with E-state index in [0.717, 1.165) is 11.6 Å². The van der Waals surface area contributed by atoms with Gasteiger partial charge in [0, 0.05) is 75.9 Å². The fraction of sp³-hybridized carbons (Fsp3) is 0.462. The highest BCUT2D eigenvalue weighted by molar-refractivity contribution is 7.89. The van der Waals surface area contributed by atoms with Gasteiger partial charge in [0.1, 0.15) is 11.6 Å². The summed E-state index contributed by atoms with van der Waals surface area (Å²) in [6, 6.07) is 4.04. The predicted molar refractivity (Wildman–Crippen MR) is 150 cm³/mol. The molecule has 1 aromatic carbocycles. The third-order valence-corrected chi connectivity index (χ3v) is 9.54. The molecule has 3 aliphatic heterocycles. The van der Waals surface area contributed by atoms with Gasteiger partial charge in [0.15, 0.2) is 0 Å². The highest BCUT2D eigenvalue weighted by atomic mass is 32.2. The number of aromatic nitrogens is 4. The Bertz CT molecular complexity index is 1510. The number of aliphatic hydroxyl groups is 1. The van der Waals surface area contributed by atoms with Gasteiger partial charge in [0.05, 0.1) is 36.1 Å². The van der Waals surface area contributed by atoms with E-state index in [1.54, 1.807) is 17.3 Å². The van der Waals surface area contributed by atoms with Crippen LogP contribution in [0.2, 0.25) is 0 Å². The minimum absolute atomic E-state index is 0.0210. The molecule has 3 N–H and O–H groups in total. The van der Waals surface area contributed by atoms with Crippen LogP contribution in [0.5, 0.6) is 0 Å². The van der Waals surface area contributed by atoms with E-state index in [1.165, 1.54) is 16.4 Å². The van der Waals surface area contributed by atoms with Crippen LogP contribution < -0.4 is 15.5 Å². The van der Waals surface area contributed by atoms with E-state index in [1.807, 2.05) is 9.80 Å². The van der Waals surface area contributed by atoms with Crippen molar-refractivity contribution in [1.29, 1.82) is 0 Å². The number of nitrogens with two attached hydrogens (primary N) is 1. The molecular formula is C26H32FN9O4S. The lowest BCUT2D eigenvalue weighted by molar-refractivity contribution is 0.122. The second-order valence-electron chi connectivity index (χ2n) is 10.1. The monoisotopic (exact) mass is 585 g/mol. The molecule has 6 rings (SSSR count). The molecular weight excluding hydrogens is 553 g/mol. The highest BCUT2D eigenvalue weighted by Gasteiger charge is 2.33. The fourth-order valence-corrected chi connectivity index (χ4v) is 6.87. The van der Waals surface area contributed by atoms with Crippen molar-refractivity contribution in [3.05, 3.63) is 42.0 Å². The smallest absolute Gasteiger partial charge is 0.243 e. The van der Waals surface area contributed by atoms with E-state index in [-0.39, 0.29) is 36.2 Å². The Balaban J connectivity index is 1.33. The number of fused-ring (bicyclic) bond motifs is 1. The highest BCUT2D eigenvalue weighted by Crippen LogP contribution is 2.40. The molecule has 3 aromatic rings. The van der Waals surface area contributed by atoms with Gasteiger partial charge in [-0.2, -0.15) is 9.29 Å². The summed E-state index contributed by atoms with van der Waals surface area (Å²) in [4.78, 5) is 23.6. The molecule has 218 valence electrons. The Morgan fingerprint density at radius 2 is 1.73 bits per heavy atom. The number of anilines is 4. The number of halogens is 1. The van der Waals surface area contributed by atoms with Gasteiger partial charge in [-0.1, -0.05) is 0 Å². The molecule has 5 heterocycles. The normalized spacial score (nSPS) is 18.6. The third-order valence-electron chi connectivity index (χ3n) is 7.65. The van der Waals surface area contributed by atoms with Crippen molar-refractivity contribution in [1.82, 2.24) is 29.1 Å². The number of β-amino-alcohol motifs (C(OH)–C–C–N with tert-alkyl or cyclic N) is 1. The number of nitrogen functional groups attached to an aromatic ring is 1. The number of sulfonamides is 1. The molecule has 3 aliphatic rings. The van der Waals surface area contributed by atoms with Gasteiger partial charge in [-0.05, 0) is 24.6 Å². The number of aliphatic hydroxyl groups excluding tert-OH is 1. The molecule has 0 spiro atoms. The van der Waals surface area contributed by atoms with Crippen LogP contribution in [0.1, 0.15) is 5.56 Å². The molecule has 0 bridgehead atoms. The number of hydrogen-bond donors (Lipinski definition) is 2. The Kier molecular flexibility index (Phi) is 7.70. The van der Waals surface area contributed by atoms with E-state index < -0.39 is 15.8 Å². The number of rotatable bonds is 7. The molecule has 13 nitrogen and oxygen atoms in total. The maximum Gasteiger partial charge on any atom is 0.243 e. The summed E-state index contributed by atoms with van der Waals surface area (Å²) < 4.78 is 49.2. The van der Waals surface area contributed by atoms with Crippen molar-refractivity contribution < 1.29 is 22.7 Å². The lowest BCUT2D eigenvalue weighted by atomic mass is 10.1. The Labute approximate surface area is 237 Å². The predicted octanol–water partition coefficient (Wildman–Crippen LogP) is 0.484. The molecule has 0 unspecified atom stereocenters. The summed E-state index contributed by atoms with van der Waals surface area (Å²) in [6.45, 7) is 4.87. The second-order valence-corrected chi connectivity index (χ2v) is 12.0. The van der Waals surface area contributed by atoms with Crippen LogP contribution in [-0.4, -0.2) is 115 Å². The topological polar surface area (TPSA) is 154 Å². The summed E-state index contributed by atoms with van der Waals surface area (Å²) in [7, 11) is -3.87. The van der Waals surface area contributed by atoms with Gasteiger partial charge in [-0.3, -0.25) is 4.90 Å². The van der Waals surface area contributed by atoms with Crippen LogP contribution in [0.25, 0.3) is 11.3 Å². The zero-order chi connectivity index (χ0) is 28.6. The van der Waals surface area contributed by atoms with Crippen molar-refractivity contribution >= 4 is 33.4 Å². The van der Waals surface area contributed by atoms with E-state index in [0.29, 0.717) is 81.9 Å². The molecule has 0 amide bonds. The standard InChI is InChI=1S/C26H32FN9O4S/c27-21-15-19(41(38,39)35-7-5-33(6-8-35)9-12-37)1-2-22(21)36-4-3-20-23(18-16-29-25(28)30-17-18)31-26(32-24(20)36)34-10-13-40-14-11-34/h1-2,15-17,37H,3-14H2,(H2,28,29,30). The average molecular weight is 586 g/mol. The molecule has 0 radical (unpaired) electrons. The van der Waals surface area contributed by atoms with E-state index in [9.17, 15) is 8.42 Å². The van der Waals surface area contributed by atoms with Crippen LogP contribution >= 0.6 is 0 Å². The maximum atomic E-state index is 15.7. The van der Waals surface area contributed by atoms with Crippen molar-refractivity contribution in [2.75, 3.05) is 87.7 Å². The largest absolute Gasteiger partial charge is 0.395 e. The first-order valence-electron chi connectivity index (χ1n) is 13.6. The second kappa shape index (κ2) is 11.4. The van der Waals surface area contributed by atoms with Gasteiger partial charge >= 0.3 is 0 Å². The molecule has 2 fully saturated rings. The van der Waals surface area contributed by atoms with E-state index >= 15 is 4.39 Å². The number of hydrogen-bond acceptors (Lipinski definition) is 12. The van der Waals surface area contributed by atoms with Crippen molar-refractivity contribution in [2.24, 2.45) is 0 Å². The minimum Gasteiger partial charge on any atom is -0.395 e. The first-order valence-corrected chi connectivity index (χ1v) is 15.0. The molecule has 0 atom stereocenters. The van der Waals surface area contributed by atoms with Crippen molar-refractivity contribution in [3.63, 3.8) is 0 Å². The lowest BCUT2D eigenvalue weighted by Crippen LogP contribution is -2.49. The quantitative estimate of drug-likeness (QED) is 0.396. The first-order chi connectivity index (χ1) is 19.8. The van der Waals surface area contributed by atoms with Gasteiger partial charge in [-0.25, -0.2) is 27.8 Å². The van der Waals surface area contributed by atoms with Gasteiger partial charge in [0.25, 0.3) is 0 Å². The molecule has 15 heteroatoms. The van der Waals surface area contributed by atoms with Crippen molar-refractivity contribution in [3.8, 4) is 11.3 Å². The minimum atomic E-state index is -3.87. The first kappa shape index (κ1) is 27.7. The van der Waals surface area contributed by atoms with Crippen LogP contribution in [0, 0.1) is 5.82 Å². The number of piperazine rings is 1. The van der Waals surface area contributed by atoms with Crippen LogP contribution in [0.15, 0.2) is 35.5 Å².